The minimum absolute atomic E-state index is 0. The monoisotopic (exact) mass is 450 g/mol. The van der Waals surface area contributed by atoms with Crippen LogP contribution in [0.15, 0.2) is 72.3 Å². The van der Waals surface area contributed by atoms with Gasteiger partial charge in [0.05, 0.1) is 0 Å². The predicted molar refractivity (Wildman–Crippen MR) is 106 cm³/mol. The normalized spacial score (nSPS) is 9.58. The van der Waals surface area contributed by atoms with Gasteiger partial charge in [-0.05, 0) is 11.6 Å². The zero-order valence-electron chi connectivity index (χ0n) is 13.6. The number of aliphatic hydroxyl groups is 2. The molecule has 2 nitrogen and oxygen atoms in total. The van der Waals surface area contributed by atoms with Crippen LogP contribution in [-0.2, 0) is 33.0 Å². The molecule has 0 amide bonds. The van der Waals surface area contributed by atoms with Crippen LogP contribution in [0, 0.1) is 14.9 Å². The molecule has 2 rings (SSSR count). The number of aliphatic hydroxyl groups excluding tert-OH is 2. The van der Waals surface area contributed by atoms with Crippen LogP contribution in [0.3, 0.4) is 0 Å². The average molecular weight is 452 g/mol. The maximum atomic E-state index is 9.17. The Hall–Kier alpha value is -0.633. The van der Waals surface area contributed by atoms with Gasteiger partial charge in [-0.1, -0.05) is 60.7 Å². The van der Waals surface area contributed by atoms with Crippen LogP contribution in [0.5, 0.6) is 0 Å². The first-order valence-corrected chi connectivity index (χ1v) is 7.35. The van der Waals surface area contributed by atoms with E-state index in [4.69, 9.17) is 10.2 Å². The minimum atomic E-state index is 0. The van der Waals surface area contributed by atoms with Gasteiger partial charge in [0.15, 0.2) is 0 Å². The quantitative estimate of drug-likeness (QED) is 0.265. The van der Waals surface area contributed by atoms with Crippen LogP contribution >= 0.6 is 18.5 Å². The molecule has 0 spiro atoms. The SMILES string of the molecule is O/C(=C\P)c1ccccc1.O/C(=C\P)c1ccccc1.[CH3-].[CH3-].[Ni].[Ni]. The van der Waals surface area contributed by atoms with Gasteiger partial charge in [0.25, 0.3) is 0 Å². The molecule has 6 heteroatoms. The van der Waals surface area contributed by atoms with Gasteiger partial charge < -0.3 is 25.1 Å². The van der Waals surface area contributed by atoms with Crippen molar-refractivity contribution in [3.05, 3.63) is 98.3 Å². The van der Waals surface area contributed by atoms with E-state index in [0.717, 1.165) is 11.1 Å². The molecule has 0 aliphatic carbocycles. The summed E-state index contributed by atoms with van der Waals surface area (Å²) < 4.78 is 0. The van der Waals surface area contributed by atoms with Crippen LogP contribution in [0.2, 0.25) is 0 Å². The summed E-state index contributed by atoms with van der Waals surface area (Å²) >= 11 is 0. The third-order valence-corrected chi connectivity index (χ3v) is 3.09. The van der Waals surface area contributed by atoms with Gasteiger partial charge in [-0.15, -0.1) is 18.5 Å². The fourth-order valence-electron chi connectivity index (χ4n) is 1.41. The Morgan fingerprint density at radius 3 is 1.08 bits per heavy atom. The van der Waals surface area contributed by atoms with Crippen molar-refractivity contribution in [3.63, 3.8) is 0 Å². The molecule has 2 unspecified atom stereocenters. The van der Waals surface area contributed by atoms with Crippen molar-refractivity contribution in [2.75, 3.05) is 0 Å². The maximum absolute atomic E-state index is 9.17. The van der Waals surface area contributed by atoms with Crippen molar-refractivity contribution in [2.24, 2.45) is 0 Å². The third kappa shape index (κ3) is 11.8. The largest absolute Gasteiger partial charge is 0.507 e. The van der Waals surface area contributed by atoms with E-state index in [0.29, 0.717) is 11.5 Å². The van der Waals surface area contributed by atoms with Crippen LogP contribution in [0.1, 0.15) is 11.1 Å². The molecular formula is C18H24Ni2O2P2-2. The van der Waals surface area contributed by atoms with E-state index in [1.165, 1.54) is 0 Å². The van der Waals surface area contributed by atoms with Crippen molar-refractivity contribution >= 4 is 30.0 Å². The molecule has 0 heterocycles. The molecule has 0 radical (unpaired) electrons. The summed E-state index contributed by atoms with van der Waals surface area (Å²) in [4.78, 5) is 0. The second-order valence-corrected chi connectivity index (χ2v) is 4.50. The van der Waals surface area contributed by atoms with Gasteiger partial charge in [0, 0.05) is 44.1 Å². The Morgan fingerprint density at radius 1 is 0.625 bits per heavy atom. The van der Waals surface area contributed by atoms with Crippen molar-refractivity contribution < 1.29 is 43.2 Å². The summed E-state index contributed by atoms with van der Waals surface area (Å²) in [6.07, 6.45) is 0. The Kier molecular flexibility index (Phi) is 24.3. The number of hydrogen-bond donors (Lipinski definition) is 2. The molecular weight excluding hydrogens is 428 g/mol. The fraction of sp³-hybridized carbons (Fsp3) is 0. The molecule has 0 bridgehead atoms. The fourth-order valence-corrected chi connectivity index (χ4v) is 1.80. The van der Waals surface area contributed by atoms with Crippen LogP contribution in [-0.4, -0.2) is 10.2 Å². The Morgan fingerprint density at radius 2 is 0.875 bits per heavy atom. The molecule has 140 valence electrons. The van der Waals surface area contributed by atoms with E-state index in [1.54, 1.807) is 11.6 Å². The topological polar surface area (TPSA) is 40.5 Å². The summed E-state index contributed by atoms with van der Waals surface area (Å²) in [5.74, 6) is 3.78. The van der Waals surface area contributed by atoms with Crippen LogP contribution in [0.25, 0.3) is 11.5 Å². The Balaban J connectivity index is -0.000000143. The van der Waals surface area contributed by atoms with Gasteiger partial charge in [-0.3, -0.25) is 0 Å². The van der Waals surface area contributed by atoms with Crippen LogP contribution in [0.4, 0.5) is 0 Å². The first-order valence-electron chi connectivity index (χ1n) is 6.01. The second kappa shape index (κ2) is 18.7. The molecule has 24 heavy (non-hydrogen) atoms. The third-order valence-electron chi connectivity index (χ3n) is 2.45. The van der Waals surface area contributed by atoms with E-state index in [2.05, 4.69) is 18.5 Å². The molecule has 2 aromatic rings. The summed E-state index contributed by atoms with van der Waals surface area (Å²) in [5.41, 5.74) is 1.69. The van der Waals surface area contributed by atoms with E-state index in [9.17, 15) is 0 Å². The molecule has 2 N–H and O–H groups in total. The van der Waals surface area contributed by atoms with Gasteiger partial charge in [-0.25, -0.2) is 0 Å². The van der Waals surface area contributed by atoms with Gasteiger partial charge >= 0.3 is 0 Å². The number of benzene rings is 2. The minimum Gasteiger partial charge on any atom is -0.507 e. The summed E-state index contributed by atoms with van der Waals surface area (Å²) in [6, 6.07) is 18.8. The molecule has 0 saturated carbocycles. The molecule has 0 aliphatic rings. The second-order valence-electron chi connectivity index (χ2n) is 3.84. The smallest absolute Gasteiger partial charge is 0.122 e. The van der Waals surface area contributed by atoms with E-state index < -0.39 is 0 Å². The van der Waals surface area contributed by atoms with Crippen LogP contribution < -0.4 is 0 Å². The van der Waals surface area contributed by atoms with Crippen molar-refractivity contribution in [1.29, 1.82) is 0 Å². The van der Waals surface area contributed by atoms with Crippen molar-refractivity contribution in [2.45, 2.75) is 0 Å². The van der Waals surface area contributed by atoms with E-state index in [1.807, 2.05) is 60.7 Å². The summed E-state index contributed by atoms with van der Waals surface area (Å²) in [7, 11) is 4.71. The first-order chi connectivity index (χ1) is 9.69. The molecule has 2 atom stereocenters. The van der Waals surface area contributed by atoms with Gasteiger partial charge in [0.1, 0.15) is 11.5 Å². The number of hydrogen-bond acceptors (Lipinski definition) is 2. The molecule has 0 saturated heterocycles. The van der Waals surface area contributed by atoms with E-state index in [-0.39, 0.29) is 47.8 Å². The standard InChI is InChI=1S/2C8H9OP.2CH3.2Ni/c2*9-8(6-10)7-4-2-1-3-5-7;;;;/h2*1-6,9H,10H2;2*1H3;;/q;;2*-1;;/b2*8-6-;;;;. The van der Waals surface area contributed by atoms with Gasteiger partial charge in [0.2, 0.25) is 0 Å². The maximum Gasteiger partial charge on any atom is 0.122 e. The summed E-state index contributed by atoms with van der Waals surface area (Å²) in [6.45, 7) is 0. The predicted octanol–water partition coefficient (Wildman–Crippen LogP) is 5.73. The Labute approximate surface area is 171 Å². The van der Waals surface area contributed by atoms with Crippen molar-refractivity contribution in [1.82, 2.24) is 0 Å². The zero-order chi connectivity index (χ0) is 14.8. The van der Waals surface area contributed by atoms with Crippen molar-refractivity contribution in [3.8, 4) is 0 Å². The Bertz CT molecular complexity index is 521. The van der Waals surface area contributed by atoms with Gasteiger partial charge in [-0.2, -0.15) is 0 Å². The zero-order valence-corrected chi connectivity index (χ0v) is 17.9. The first kappa shape index (κ1) is 31.2. The molecule has 0 fully saturated rings. The van der Waals surface area contributed by atoms with E-state index >= 15 is 0 Å². The molecule has 0 aliphatic heterocycles. The average Bonchev–Trinajstić information content (AvgIpc) is 2.55. The molecule has 2 aromatic carbocycles. The summed E-state index contributed by atoms with van der Waals surface area (Å²) in [5, 5.41) is 18.3. The molecule has 0 aromatic heterocycles. The number of rotatable bonds is 2.